The minimum atomic E-state index is -1.17. The van der Waals surface area contributed by atoms with Gasteiger partial charge in [-0.15, -0.1) is 0 Å². The minimum absolute atomic E-state index is 0.0372. The molecule has 2 heterocycles. The summed E-state index contributed by atoms with van der Waals surface area (Å²) in [5, 5.41) is 9.06. The molecule has 4 rings (SSSR count). The van der Waals surface area contributed by atoms with E-state index in [4.69, 9.17) is 37.8 Å². The largest absolute Gasteiger partial charge is 0.479 e. The first kappa shape index (κ1) is 28.4. The van der Waals surface area contributed by atoms with Gasteiger partial charge in [0, 0.05) is 19.8 Å². The third-order valence-electron chi connectivity index (χ3n) is 5.90. The highest BCUT2D eigenvalue weighted by Gasteiger charge is 2.33. The van der Waals surface area contributed by atoms with Crippen molar-refractivity contribution in [3.63, 3.8) is 0 Å². The zero-order chi connectivity index (χ0) is 28.4. The third kappa shape index (κ3) is 5.88. The fraction of sp³-hybridized carbons (Fsp3) is 0.259. The summed E-state index contributed by atoms with van der Waals surface area (Å²) >= 11 is 13.7. The first-order chi connectivity index (χ1) is 18.5. The average Bonchev–Trinajstić information content (AvgIpc) is 3.16. The fourth-order valence-electron chi connectivity index (χ4n) is 4.15. The lowest BCUT2D eigenvalue weighted by Crippen LogP contribution is -2.39. The quantitative estimate of drug-likeness (QED) is 0.399. The summed E-state index contributed by atoms with van der Waals surface area (Å²) in [7, 11) is 3.85. The molecule has 1 aliphatic rings. The number of aromatic nitrogens is 1. The number of ether oxygens (including phenoxy) is 2. The second kappa shape index (κ2) is 11.6. The number of esters is 1. The topological polar surface area (TPSA) is 110 Å². The van der Waals surface area contributed by atoms with E-state index in [1.807, 2.05) is 43.3 Å². The highest BCUT2D eigenvalue weighted by atomic mass is 35.5. The molecular formula is C27H25Cl2N3O6S. The molecule has 0 fully saturated rings. The van der Waals surface area contributed by atoms with Gasteiger partial charge in [-0.3, -0.25) is 9.36 Å². The van der Waals surface area contributed by atoms with Crippen LogP contribution in [-0.4, -0.2) is 48.9 Å². The summed E-state index contributed by atoms with van der Waals surface area (Å²) < 4.78 is 12.3. The van der Waals surface area contributed by atoms with E-state index in [0.717, 1.165) is 22.6 Å². The Morgan fingerprint density at radius 3 is 2.38 bits per heavy atom. The van der Waals surface area contributed by atoms with Crippen molar-refractivity contribution < 1.29 is 24.2 Å². The number of carboxylic acids is 1. The first-order valence-electron chi connectivity index (χ1n) is 11.8. The van der Waals surface area contributed by atoms with Crippen LogP contribution in [0.1, 0.15) is 31.0 Å². The summed E-state index contributed by atoms with van der Waals surface area (Å²) in [6.45, 7) is 3.02. The van der Waals surface area contributed by atoms with Crippen molar-refractivity contribution in [2.24, 2.45) is 4.99 Å². The SMILES string of the molecule is CCOC(=O)C1=C(C)N=c2s/c(=C\c3cc(Cl)c(OCC(=O)O)c(Cl)c3)c(=O)n2[C@@H]1c1ccc(N(C)C)cc1. The fourth-order valence-corrected chi connectivity index (χ4v) is 5.81. The zero-order valence-electron chi connectivity index (χ0n) is 21.5. The van der Waals surface area contributed by atoms with E-state index in [-0.39, 0.29) is 28.0 Å². The Balaban J connectivity index is 1.86. The molecule has 9 nitrogen and oxygen atoms in total. The molecule has 204 valence electrons. The van der Waals surface area contributed by atoms with Gasteiger partial charge in [0.05, 0.1) is 38.5 Å². The van der Waals surface area contributed by atoms with Crippen LogP contribution < -0.4 is 24.5 Å². The number of rotatable bonds is 8. The Labute approximate surface area is 237 Å². The van der Waals surface area contributed by atoms with Gasteiger partial charge in [-0.1, -0.05) is 46.7 Å². The molecule has 0 saturated carbocycles. The number of carboxylic acid groups (broad SMARTS) is 1. The van der Waals surface area contributed by atoms with Gasteiger partial charge in [-0.2, -0.15) is 0 Å². The van der Waals surface area contributed by atoms with E-state index in [9.17, 15) is 14.4 Å². The zero-order valence-corrected chi connectivity index (χ0v) is 23.9. The Morgan fingerprint density at radius 1 is 1.18 bits per heavy atom. The summed E-state index contributed by atoms with van der Waals surface area (Å²) in [4.78, 5) is 44.6. The van der Waals surface area contributed by atoms with Crippen molar-refractivity contribution >= 4 is 58.2 Å². The lowest BCUT2D eigenvalue weighted by Gasteiger charge is -2.25. The van der Waals surface area contributed by atoms with E-state index in [0.29, 0.717) is 26.2 Å². The van der Waals surface area contributed by atoms with Crippen LogP contribution in [0.4, 0.5) is 5.69 Å². The maximum absolute atomic E-state index is 13.8. The molecule has 0 spiro atoms. The number of carbonyl (C=O) groups is 2. The summed E-state index contributed by atoms with van der Waals surface area (Å²) in [6, 6.07) is 9.90. The maximum atomic E-state index is 13.8. The van der Waals surface area contributed by atoms with Gasteiger partial charge in [0.2, 0.25) is 0 Å². The Hall–Kier alpha value is -3.60. The number of hydrogen-bond acceptors (Lipinski definition) is 8. The molecule has 1 aromatic heterocycles. The monoisotopic (exact) mass is 589 g/mol. The van der Waals surface area contributed by atoms with E-state index < -0.39 is 24.6 Å². The van der Waals surface area contributed by atoms with Crippen LogP contribution in [-0.2, 0) is 14.3 Å². The van der Waals surface area contributed by atoms with Gasteiger partial charge in [-0.05, 0) is 55.3 Å². The van der Waals surface area contributed by atoms with Crippen LogP contribution >= 0.6 is 34.5 Å². The number of thiazole rings is 1. The van der Waals surface area contributed by atoms with Crippen molar-refractivity contribution in [2.45, 2.75) is 19.9 Å². The predicted octanol–water partition coefficient (Wildman–Crippen LogP) is 3.63. The van der Waals surface area contributed by atoms with Crippen LogP contribution in [0, 0.1) is 0 Å². The lowest BCUT2D eigenvalue weighted by atomic mass is 9.95. The van der Waals surface area contributed by atoms with Crippen molar-refractivity contribution in [3.05, 3.63) is 88.5 Å². The van der Waals surface area contributed by atoms with E-state index in [1.54, 1.807) is 19.9 Å². The molecule has 2 aromatic carbocycles. The molecule has 0 unspecified atom stereocenters. The first-order valence-corrected chi connectivity index (χ1v) is 13.4. The van der Waals surface area contributed by atoms with Gasteiger partial charge in [0.25, 0.3) is 5.56 Å². The summed E-state index contributed by atoms with van der Waals surface area (Å²) in [5.74, 6) is -1.67. The molecule has 0 radical (unpaired) electrons. The number of hydrogen-bond donors (Lipinski definition) is 1. The number of fused-ring (bicyclic) bond motifs is 1. The summed E-state index contributed by atoms with van der Waals surface area (Å²) in [6.07, 6.45) is 1.61. The average molecular weight is 590 g/mol. The van der Waals surface area contributed by atoms with Gasteiger partial charge >= 0.3 is 11.9 Å². The molecule has 12 heteroatoms. The predicted molar refractivity (Wildman–Crippen MR) is 151 cm³/mol. The number of anilines is 1. The van der Waals surface area contributed by atoms with Crippen LogP contribution in [0.3, 0.4) is 0 Å². The molecule has 0 amide bonds. The molecule has 0 bridgehead atoms. The minimum Gasteiger partial charge on any atom is -0.479 e. The Kier molecular flexibility index (Phi) is 8.48. The second-order valence-corrected chi connectivity index (χ2v) is 10.6. The normalized spacial score (nSPS) is 15.0. The highest BCUT2D eigenvalue weighted by molar-refractivity contribution is 7.07. The number of carbonyl (C=O) groups excluding carboxylic acids is 1. The van der Waals surface area contributed by atoms with Crippen molar-refractivity contribution in [1.29, 1.82) is 0 Å². The molecule has 0 saturated heterocycles. The molecule has 39 heavy (non-hydrogen) atoms. The molecule has 1 atom stereocenters. The van der Waals surface area contributed by atoms with E-state index >= 15 is 0 Å². The summed E-state index contributed by atoms with van der Waals surface area (Å²) in [5.41, 5.74) is 2.61. The molecule has 0 aliphatic carbocycles. The number of halogens is 2. The van der Waals surface area contributed by atoms with Crippen LogP contribution in [0.2, 0.25) is 10.0 Å². The van der Waals surface area contributed by atoms with Gasteiger partial charge < -0.3 is 19.5 Å². The second-order valence-electron chi connectivity index (χ2n) is 8.78. The Bertz CT molecular complexity index is 1630. The van der Waals surface area contributed by atoms with Crippen LogP contribution in [0.15, 0.2) is 57.5 Å². The van der Waals surface area contributed by atoms with Gasteiger partial charge in [0.15, 0.2) is 17.2 Å². The number of allylic oxidation sites excluding steroid dienone is 1. The highest BCUT2D eigenvalue weighted by Crippen LogP contribution is 2.35. The smallest absolute Gasteiger partial charge is 0.341 e. The number of nitrogens with zero attached hydrogens (tertiary/aromatic N) is 3. The third-order valence-corrected chi connectivity index (χ3v) is 7.45. The molecule has 1 N–H and O–H groups in total. The number of aliphatic carboxylic acids is 1. The standard InChI is InChI=1S/C27H25Cl2N3O6S/c1-5-37-26(36)22-14(2)30-27-32(23(22)16-6-8-17(9-7-16)31(3)4)25(35)20(39-27)12-15-10-18(28)24(19(29)11-15)38-13-21(33)34/h6-12,23H,5,13H2,1-4H3,(H,33,34)/b20-12-/t23-/m1/s1. The van der Waals surface area contributed by atoms with Crippen LogP contribution in [0.25, 0.3) is 6.08 Å². The maximum Gasteiger partial charge on any atom is 0.341 e. The van der Waals surface area contributed by atoms with Crippen molar-refractivity contribution in [1.82, 2.24) is 4.57 Å². The number of benzene rings is 2. The van der Waals surface area contributed by atoms with E-state index in [2.05, 4.69) is 4.99 Å². The molecular weight excluding hydrogens is 565 g/mol. The van der Waals surface area contributed by atoms with Crippen molar-refractivity contribution in [2.75, 3.05) is 32.2 Å². The molecule has 1 aliphatic heterocycles. The van der Waals surface area contributed by atoms with Gasteiger partial charge in [-0.25, -0.2) is 14.6 Å². The van der Waals surface area contributed by atoms with Crippen LogP contribution in [0.5, 0.6) is 5.75 Å². The lowest BCUT2D eigenvalue weighted by molar-refractivity contribution is -0.140. The van der Waals surface area contributed by atoms with E-state index in [1.165, 1.54) is 16.7 Å². The van der Waals surface area contributed by atoms with Crippen molar-refractivity contribution in [3.8, 4) is 5.75 Å². The Morgan fingerprint density at radius 2 is 1.82 bits per heavy atom. The molecule has 3 aromatic rings. The van der Waals surface area contributed by atoms with Gasteiger partial charge in [0.1, 0.15) is 0 Å².